The van der Waals surface area contributed by atoms with Crippen molar-refractivity contribution < 1.29 is 31.7 Å². The third kappa shape index (κ3) is 7.37. The minimum absolute atomic E-state index is 0.0565. The molecule has 0 radical (unpaired) electrons. The lowest BCUT2D eigenvalue weighted by molar-refractivity contribution is -0.142. The number of fused-ring (bicyclic) bond motifs is 1. The lowest BCUT2D eigenvalue weighted by Crippen LogP contribution is -2.33. The van der Waals surface area contributed by atoms with Gasteiger partial charge in [-0.3, -0.25) is 9.78 Å². The summed E-state index contributed by atoms with van der Waals surface area (Å²) in [6.07, 6.45) is 2.29. The average Bonchev–Trinajstić information content (AvgIpc) is 3.31. The SMILES string of the molecule is CCOC(=O)Cc1ccc(CC)cc1OCc1cc(-c2ccnc(CNS(=O)C(C)(C)C)c2F)c2oc(F)cc2c1. The van der Waals surface area contributed by atoms with E-state index in [9.17, 15) is 13.4 Å². The summed E-state index contributed by atoms with van der Waals surface area (Å²) in [5.41, 5.74) is 3.11. The molecule has 0 fully saturated rings. The molecule has 0 bridgehead atoms. The first-order valence-electron chi connectivity index (χ1n) is 13.4. The minimum Gasteiger partial charge on any atom is -0.489 e. The van der Waals surface area contributed by atoms with Gasteiger partial charge in [-0.05, 0) is 69.5 Å². The van der Waals surface area contributed by atoms with Crippen molar-refractivity contribution in [3.8, 4) is 16.9 Å². The highest BCUT2D eigenvalue weighted by molar-refractivity contribution is 7.84. The van der Waals surface area contributed by atoms with Gasteiger partial charge in [0, 0.05) is 34.3 Å². The third-order valence-electron chi connectivity index (χ3n) is 6.40. The van der Waals surface area contributed by atoms with Crippen LogP contribution in [0.3, 0.4) is 0 Å². The lowest BCUT2D eigenvalue weighted by atomic mass is 10.00. The van der Waals surface area contributed by atoms with Gasteiger partial charge in [-0.15, -0.1) is 0 Å². The van der Waals surface area contributed by atoms with Crippen LogP contribution in [0.5, 0.6) is 5.75 Å². The first kappa shape index (κ1) is 30.3. The number of nitrogens with one attached hydrogen (secondary N) is 1. The summed E-state index contributed by atoms with van der Waals surface area (Å²) in [6.45, 7) is 9.50. The standard InChI is InChI=1S/C31H34F2N2O5S/c1-6-19-8-9-21(16-28(36)38-7-2)26(14-19)39-18-20-12-22-15-27(32)40-30(22)24(13-20)23-10-11-34-25(29(23)33)17-35-41(37)31(3,4)5/h8-15,35H,6-7,16-18H2,1-5H3. The summed E-state index contributed by atoms with van der Waals surface area (Å²) in [5, 5.41) is 0.442. The Morgan fingerprint density at radius 2 is 1.83 bits per heavy atom. The number of carbonyl (C=O) groups is 1. The molecule has 1 atom stereocenters. The summed E-state index contributed by atoms with van der Waals surface area (Å²) >= 11 is 0. The molecule has 4 rings (SSSR count). The number of ether oxygens (including phenoxy) is 2. The number of esters is 1. The van der Waals surface area contributed by atoms with Gasteiger partial charge in [0.15, 0.2) is 5.82 Å². The molecule has 0 spiro atoms. The summed E-state index contributed by atoms with van der Waals surface area (Å²) in [6, 6.07) is 11.0. The van der Waals surface area contributed by atoms with Gasteiger partial charge in [0.2, 0.25) is 0 Å². The van der Waals surface area contributed by atoms with E-state index in [2.05, 4.69) is 9.71 Å². The predicted octanol–water partition coefficient (Wildman–Crippen LogP) is 6.57. The molecule has 218 valence electrons. The van der Waals surface area contributed by atoms with Crippen LogP contribution < -0.4 is 9.46 Å². The van der Waals surface area contributed by atoms with E-state index >= 15 is 4.39 Å². The average molecular weight is 585 g/mol. The number of carbonyl (C=O) groups excluding carboxylic acids is 1. The fourth-order valence-corrected chi connectivity index (χ4v) is 4.96. The van der Waals surface area contributed by atoms with E-state index in [-0.39, 0.29) is 49.0 Å². The summed E-state index contributed by atoms with van der Waals surface area (Å²) < 4.78 is 61.2. The van der Waals surface area contributed by atoms with E-state index < -0.39 is 27.6 Å². The number of halogens is 2. The zero-order valence-corrected chi connectivity index (χ0v) is 24.6. The monoisotopic (exact) mass is 584 g/mol. The van der Waals surface area contributed by atoms with Crippen molar-refractivity contribution in [2.24, 2.45) is 0 Å². The number of hydrogen-bond acceptors (Lipinski definition) is 6. The smallest absolute Gasteiger partial charge is 0.310 e. The largest absolute Gasteiger partial charge is 0.489 e. The van der Waals surface area contributed by atoms with Crippen molar-refractivity contribution >= 4 is 27.9 Å². The molecule has 0 aliphatic carbocycles. The van der Waals surface area contributed by atoms with E-state index in [1.54, 1.807) is 19.1 Å². The molecule has 41 heavy (non-hydrogen) atoms. The van der Waals surface area contributed by atoms with Crippen molar-refractivity contribution in [3.05, 3.63) is 82.9 Å². The predicted molar refractivity (Wildman–Crippen MR) is 155 cm³/mol. The molecule has 2 heterocycles. The molecule has 10 heteroatoms. The molecule has 0 saturated carbocycles. The van der Waals surface area contributed by atoms with Crippen molar-refractivity contribution in [2.75, 3.05) is 6.61 Å². The van der Waals surface area contributed by atoms with Gasteiger partial charge in [0.25, 0.3) is 6.01 Å². The quantitative estimate of drug-likeness (QED) is 0.201. The van der Waals surface area contributed by atoms with Crippen molar-refractivity contribution in [1.82, 2.24) is 9.71 Å². The molecule has 1 unspecified atom stereocenters. The number of pyridine rings is 1. The van der Waals surface area contributed by atoms with Crippen LogP contribution in [0.25, 0.3) is 22.1 Å². The third-order valence-corrected chi connectivity index (χ3v) is 7.92. The van der Waals surface area contributed by atoms with Gasteiger partial charge in [-0.2, -0.15) is 4.39 Å². The number of rotatable bonds is 11. The van der Waals surface area contributed by atoms with Gasteiger partial charge < -0.3 is 13.9 Å². The highest BCUT2D eigenvalue weighted by Crippen LogP contribution is 2.35. The Morgan fingerprint density at radius 3 is 2.54 bits per heavy atom. The molecule has 4 aromatic rings. The number of furan rings is 1. The number of hydrogen-bond donors (Lipinski definition) is 1. The fraction of sp³-hybridized carbons (Fsp3) is 0.355. The van der Waals surface area contributed by atoms with Crippen LogP contribution in [0, 0.1) is 11.8 Å². The zero-order chi connectivity index (χ0) is 29.7. The number of aromatic nitrogens is 1. The lowest BCUT2D eigenvalue weighted by Gasteiger charge is -2.18. The Labute approximate surface area is 240 Å². The fourth-order valence-electron chi connectivity index (χ4n) is 4.26. The molecule has 0 aliphatic heterocycles. The molecule has 0 saturated heterocycles. The van der Waals surface area contributed by atoms with Gasteiger partial charge in [0.1, 0.15) is 17.9 Å². The maximum atomic E-state index is 15.7. The number of benzene rings is 2. The van der Waals surface area contributed by atoms with Crippen LogP contribution in [0.15, 0.2) is 53.1 Å². The van der Waals surface area contributed by atoms with Crippen molar-refractivity contribution in [1.29, 1.82) is 0 Å². The maximum absolute atomic E-state index is 15.7. The van der Waals surface area contributed by atoms with Crippen LogP contribution in [0.1, 0.15) is 57.0 Å². The molecule has 7 nitrogen and oxygen atoms in total. The molecular formula is C31H34F2N2O5S. The first-order valence-corrected chi connectivity index (χ1v) is 14.6. The number of nitrogens with zero attached hydrogens (tertiary/aromatic N) is 1. The van der Waals surface area contributed by atoms with Crippen LogP contribution in [0.4, 0.5) is 8.78 Å². The van der Waals surface area contributed by atoms with E-state index in [1.807, 2.05) is 45.9 Å². The van der Waals surface area contributed by atoms with Gasteiger partial charge in [-0.1, -0.05) is 19.1 Å². The zero-order valence-electron chi connectivity index (χ0n) is 23.8. The normalized spacial score (nSPS) is 12.5. The Bertz CT molecular complexity index is 1580. The molecule has 1 N–H and O–H groups in total. The maximum Gasteiger partial charge on any atom is 0.310 e. The van der Waals surface area contributed by atoms with Gasteiger partial charge in [-0.25, -0.2) is 13.3 Å². The second-order valence-electron chi connectivity index (χ2n) is 10.5. The highest BCUT2D eigenvalue weighted by atomic mass is 32.2. The Morgan fingerprint density at radius 1 is 1.05 bits per heavy atom. The molecule has 2 aromatic carbocycles. The Kier molecular flexibility index (Phi) is 9.55. The molecule has 2 aromatic heterocycles. The van der Waals surface area contributed by atoms with Gasteiger partial charge in [0.05, 0.1) is 41.0 Å². The molecular weight excluding hydrogens is 550 g/mol. The summed E-state index contributed by atoms with van der Waals surface area (Å²) in [7, 11) is -1.42. The van der Waals surface area contributed by atoms with Crippen LogP contribution in [0.2, 0.25) is 0 Å². The van der Waals surface area contributed by atoms with Crippen molar-refractivity contribution in [2.45, 2.75) is 65.4 Å². The van der Waals surface area contributed by atoms with E-state index in [0.717, 1.165) is 12.0 Å². The summed E-state index contributed by atoms with van der Waals surface area (Å²) in [4.78, 5) is 16.3. The first-order chi connectivity index (χ1) is 19.5. The molecule has 0 aliphatic rings. The van der Waals surface area contributed by atoms with Crippen LogP contribution in [-0.2, 0) is 46.5 Å². The second-order valence-corrected chi connectivity index (χ2v) is 12.6. The van der Waals surface area contributed by atoms with Crippen molar-refractivity contribution in [3.63, 3.8) is 0 Å². The Hall–Kier alpha value is -3.63. The second kappa shape index (κ2) is 12.9. The Balaban J connectivity index is 1.67. The van der Waals surface area contributed by atoms with E-state index in [1.165, 1.54) is 18.3 Å². The van der Waals surface area contributed by atoms with Crippen LogP contribution >= 0.6 is 0 Å². The van der Waals surface area contributed by atoms with Gasteiger partial charge >= 0.3 is 5.97 Å². The number of aryl methyl sites for hydroxylation is 1. The minimum atomic E-state index is -1.42. The molecule has 0 amide bonds. The van der Waals surface area contributed by atoms with E-state index in [0.29, 0.717) is 27.8 Å². The van der Waals surface area contributed by atoms with Crippen LogP contribution in [-0.4, -0.2) is 26.5 Å². The topological polar surface area (TPSA) is 90.7 Å². The summed E-state index contributed by atoms with van der Waals surface area (Å²) in [5.74, 6) is -0.453. The van der Waals surface area contributed by atoms with E-state index in [4.69, 9.17) is 13.9 Å². The highest BCUT2D eigenvalue weighted by Gasteiger charge is 2.22.